The summed E-state index contributed by atoms with van der Waals surface area (Å²) in [4.78, 5) is 12.8. The molecule has 4 rings (SSSR count). The molecular formula is C21H17ClFN3O2. The highest BCUT2D eigenvalue weighted by Crippen LogP contribution is 2.33. The van der Waals surface area contributed by atoms with E-state index in [1.165, 1.54) is 11.1 Å². The summed E-state index contributed by atoms with van der Waals surface area (Å²) < 4.78 is 19.3. The van der Waals surface area contributed by atoms with Crippen LogP contribution in [-0.2, 0) is 4.79 Å². The number of furan rings is 1. The molecule has 1 aliphatic heterocycles. The third-order valence-corrected chi connectivity index (χ3v) is 4.77. The fourth-order valence-corrected chi connectivity index (χ4v) is 3.24. The van der Waals surface area contributed by atoms with Crippen LogP contribution in [0.4, 0.5) is 10.1 Å². The maximum absolute atomic E-state index is 13.8. The van der Waals surface area contributed by atoms with E-state index in [0.29, 0.717) is 17.2 Å². The lowest BCUT2D eigenvalue weighted by molar-refractivity contribution is -0.131. The Bertz CT molecular complexity index is 1000. The molecule has 1 aromatic heterocycles. The Balaban J connectivity index is 1.56. The molecule has 7 heteroatoms. The third kappa shape index (κ3) is 3.77. The van der Waals surface area contributed by atoms with E-state index in [1.807, 2.05) is 18.2 Å². The molecule has 1 atom stereocenters. The van der Waals surface area contributed by atoms with E-state index in [-0.39, 0.29) is 24.2 Å². The first kappa shape index (κ1) is 18.3. The normalized spacial score (nSPS) is 16.1. The first-order valence-electron chi connectivity index (χ1n) is 8.79. The smallest absolute Gasteiger partial charge is 0.262 e. The van der Waals surface area contributed by atoms with Crippen molar-refractivity contribution < 1.29 is 13.6 Å². The van der Waals surface area contributed by atoms with Gasteiger partial charge < -0.3 is 9.73 Å². The molecule has 5 nitrogen and oxygen atoms in total. The molecule has 1 amide bonds. The summed E-state index contributed by atoms with van der Waals surface area (Å²) in [5.74, 6) is -0.0507. The molecule has 0 radical (unpaired) electrons. The molecule has 0 saturated heterocycles. The van der Waals surface area contributed by atoms with Crippen molar-refractivity contribution in [2.45, 2.75) is 12.5 Å². The fourth-order valence-electron chi connectivity index (χ4n) is 3.12. The largest absolute Gasteiger partial charge is 0.467 e. The number of hydrogen-bond donors (Lipinski definition) is 1. The van der Waals surface area contributed by atoms with Gasteiger partial charge in [0.25, 0.3) is 5.91 Å². The topological polar surface area (TPSA) is 57.8 Å². The van der Waals surface area contributed by atoms with Gasteiger partial charge in [-0.1, -0.05) is 35.9 Å². The van der Waals surface area contributed by atoms with Crippen LogP contribution in [0.5, 0.6) is 0 Å². The summed E-state index contributed by atoms with van der Waals surface area (Å²) in [6.07, 6.45) is 2.08. The van der Waals surface area contributed by atoms with Crippen LogP contribution in [0.1, 0.15) is 23.8 Å². The maximum Gasteiger partial charge on any atom is 0.262 e. The van der Waals surface area contributed by atoms with Gasteiger partial charge in [-0.15, -0.1) is 0 Å². The van der Waals surface area contributed by atoms with Crippen LogP contribution in [0.2, 0.25) is 5.02 Å². The minimum Gasteiger partial charge on any atom is -0.467 e. The summed E-state index contributed by atoms with van der Waals surface area (Å²) >= 11 is 5.96. The standard InChI is InChI=1S/C21H17ClFN3O2/c22-15-9-7-14(8-10-15)18-12-19(20-6-3-11-28-20)26(25-18)21(27)13-24-17-5-2-1-4-16(17)23/h1-11,19,24H,12-13H2/t19-/m0/s1. The second-order valence-corrected chi connectivity index (χ2v) is 6.80. The molecular weight excluding hydrogens is 381 g/mol. The second kappa shape index (κ2) is 7.86. The summed E-state index contributed by atoms with van der Waals surface area (Å²) in [5, 5.41) is 9.39. The van der Waals surface area contributed by atoms with Crippen LogP contribution in [0.25, 0.3) is 0 Å². The summed E-state index contributed by atoms with van der Waals surface area (Å²) in [6.45, 7) is -0.0878. The van der Waals surface area contributed by atoms with Crippen molar-refractivity contribution in [3.63, 3.8) is 0 Å². The Morgan fingerprint density at radius 1 is 1.18 bits per heavy atom. The first-order valence-corrected chi connectivity index (χ1v) is 9.17. The van der Waals surface area contributed by atoms with Gasteiger partial charge in [-0.25, -0.2) is 9.40 Å². The number of hydrogen-bond acceptors (Lipinski definition) is 4. The Labute approximate surface area is 166 Å². The van der Waals surface area contributed by atoms with Gasteiger partial charge in [0, 0.05) is 11.4 Å². The van der Waals surface area contributed by atoms with E-state index in [4.69, 9.17) is 16.0 Å². The monoisotopic (exact) mass is 397 g/mol. The third-order valence-electron chi connectivity index (χ3n) is 4.52. The fraction of sp³-hybridized carbons (Fsp3) is 0.143. The Morgan fingerprint density at radius 2 is 1.96 bits per heavy atom. The molecule has 2 aromatic carbocycles. The number of anilines is 1. The number of benzene rings is 2. The first-order chi connectivity index (χ1) is 13.6. The zero-order valence-corrected chi connectivity index (χ0v) is 15.6. The minimum atomic E-state index is -0.412. The van der Waals surface area contributed by atoms with Gasteiger partial charge in [0.15, 0.2) is 0 Å². The zero-order valence-electron chi connectivity index (χ0n) is 14.8. The van der Waals surface area contributed by atoms with Gasteiger partial charge >= 0.3 is 0 Å². The number of halogens is 2. The van der Waals surface area contributed by atoms with Gasteiger partial charge in [0.05, 0.1) is 24.2 Å². The molecule has 1 N–H and O–H groups in total. The van der Waals surface area contributed by atoms with Crippen molar-refractivity contribution in [3.8, 4) is 0 Å². The van der Waals surface area contributed by atoms with E-state index >= 15 is 0 Å². The molecule has 0 aliphatic carbocycles. The number of nitrogens with zero attached hydrogens (tertiary/aromatic N) is 2. The van der Waals surface area contributed by atoms with Crippen LogP contribution in [-0.4, -0.2) is 23.2 Å². The average molecular weight is 398 g/mol. The zero-order chi connectivity index (χ0) is 19.5. The van der Waals surface area contributed by atoms with Crippen molar-refractivity contribution in [3.05, 3.63) is 89.1 Å². The number of carbonyl (C=O) groups excluding carboxylic acids is 1. The molecule has 0 spiro atoms. The van der Waals surface area contributed by atoms with Crippen LogP contribution in [0, 0.1) is 5.82 Å². The highest BCUT2D eigenvalue weighted by molar-refractivity contribution is 6.30. The van der Waals surface area contributed by atoms with Crippen LogP contribution >= 0.6 is 11.6 Å². The minimum absolute atomic E-state index is 0.0878. The molecule has 28 heavy (non-hydrogen) atoms. The molecule has 142 valence electrons. The predicted octanol–water partition coefficient (Wildman–Crippen LogP) is 4.86. The van der Waals surface area contributed by atoms with E-state index in [1.54, 1.807) is 42.7 Å². The Hall–Kier alpha value is -3.12. The molecule has 2 heterocycles. The number of rotatable bonds is 5. The highest BCUT2D eigenvalue weighted by atomic mass is 35.5. The van der Waals surface area contributed by atoms with Crippen LogP contribution in [0.15, 0.2) is 76.4 Å². The molecule has 0 bridgehead atoms. The van der Waals surface area contributed by atoms with Crippen molar-refractivity contribution in [2.75, 3.05) is 11.9 Å². The maximum atomic E-state index is 13.8. The number of nitrogens with one attached hydrogen (secondary N) is 1. The number of carbonyl (C=O) groups is 1. The van der Waals surface area contributed by atoms with E-state index in [0.717, 1.165) is 11.3 Å². The van der Waals surface area contributed by atoms with Crippen molar-refractivity contribution in [1.29, 1.82) is 0 Å². The molecule has 0 unspecified atom stereocenters. The molecule has 0 fully saturated rings. The van der Waals surface area contributed by atoms with Crippen molar-refractivity contribution >= 4 is 28.9 Å². The SMILES string of the molecule is O=C(CNc1ccccc1F)N1N=C(c2ccc(Cl)cc2)C[C@H]1c1ccco1. The number of amides is 1. The Kier molecular flexibility index (Phi) is 5.12. The van der Waals surface area contributed by atoms with Gasteiger partial charge in [-0.3, -0.25) is 4.79 Å². The molecule has 3 aromatic rings. The molecule has 1 aliphatic rings. The van der Waals surface area contributed by atoms with Gasteiger partial charge in [0.2, 0.25) is 0 Å². The Morgan fingerprint density at radius 3 is 2.68 bits per heavy atom. The van der Waals surface area contributed by atoms with Gasteiger partial charge in [-0.05, 0) is 42.0 Å². The number of hydrazone groups is 1. The average Bonchev–Trinajstić information content (AvgIpc) is 3.37. The van der Waals surface area contributed by atoms with E-state index < -0.39 is 5.82 Å². The summed E-state index contributed by atoms with van der Waals surface area (Å²) in [5.41, 5.74) is 1.92. The van der Waals surface area contributed by atoms with Gasteiger partial charge in [-0.2, -0.15) is 5.10 Å². The quantitative estimate of drug-likeness (QED) is 0.668. The van der Waals surface area contributed by atoms with Crippen molar-refractivity contribution in [1.82, 2.24) is 5.01 Å². The van der Waals surface area contributed by atoms with Crippen molar-refractivity contribution in [2.24, 2.45) is 5.10 Å². The van der Waals surface area contributed by atoms with E-state index in [2.05, 4.69) is 10.4 Å². The predicted molar refractivity (Wildman–Crippen MR) is 106 cm³/mol. The van der Waals surface area contributed by atoms with Crippen LogP contribution in [0.3, 0.4) is 0 Å². The molecule has 0 saturated carbocycles. The number of para-hydroxylation sites is 1. The van der Waals surface area contributed by atoms with Crippen LogP contribution < -0.4 is 5.32 Å². The van der Waals surface area contributed by atoms with Gasteiger partial charge in [0.1, 0.15) is 17.6 Å². The lowest BCUT2D eigenvalue weighted by atomic mass is 10.0. The summed E-state index contributed by atoms with van der Waals surface area (Å²) in [7, 11) is 0. The lowest BCUT2D eigenvalue weighted by Crippen LogP contribution is -2.32. The second-order valence-electron chi connectivity index (χ2n) is 6.36. The lowest BCUT2D eigenvalue weighted by Gasteiger charge is -2.20. The van der Waals surface area contributed by atoms with E-state index in [9.17, 15) is 9.18 Å². The summed E-state index contributed by atoms with van der Waals surface area (Å²) in [6, 6.07) is 16.8. The highest BCUT2D eigenvalue weighted by Gasteiger charge is 2.34.